The van der Waals surface area contributed by atoms with Gasteiger partial charge in [0.25, 0.3) is 0 Å². The van der Waals surface area contributed by atoms with Gasteiger partial charge < -0.3 is 14.2 Å². The van der Waals surface area contributed by atoms with Crippen LogP contribution in [0, 0.1) is 5.92 Å². The molecule has 0 N–H and O–H groups in total. The second-order valence-electron chi connectivity index (χ2n) is 5.85. The smallest absolute Gasteiger partial charge is 0.387 e. The first-order chi connectivity index (χ1) is 11.1. The van der Waals surface area contributed by atoms with E-state index in [1.807, 2.05) is 6.07 Å². The van der Waals surface area contributed by atoms with Gasteiger partial charge in [-0.3, -0.25) is 4.90 Å². The highest BCUT2D eigenvalue weighted by atomic mass is 79.9. The molecule has 4 nitrogen and oxygen atoms in total. The second-order valence-corrected chi connectivity index (χ2v) is 6.77. The van der Waals surface area contributed by atoms with Crippen LogP contribution in [0.5, 0.6) is 5.75 Å². The van der Waals surface area contributed by atoms with Crippen molar-refractivity contribution in [3.63, 3.8) is 0 Å². The summed E-state index contributed by atoms with van der Waals surface area (Å²) in [6, 6.07) is 5.13. The number of halogens is 3. The highest BCUT2D eigenvalue weighted by Gasteiger charge is 2.30. The Hall–Kier alpha value is -0.760. The average Bonchev–Trinajstić information content (AvgIpc) is 3.05. The Balaban J connectivity index is 1.58. The highest BCUT2D eigenvalue weighted by Crippen LogP contribution is 2.30. The number of likely N-dealkylation sites (tertiary alicyclic amines) is 1. The van der Waals surface area contributed by atoms with E-state index < -0.39 is 6.61 Å². The van der Waals surface area contributed by atoms with Gasteiger partial charge in [-0.15, -0.1) is 0 Å². The van der Waals surface area contributed by atoms with E-state index in [2.05, 4.69) is 25.6 Å². The third-order valence-electron chi connectivity index (χ3n) is 4.30. The summed E-state index contributed by atoms with van der Waals surface area (Å²) in [6.45, 7) is 0.940. The summed E-state index contributed by atoms with van der Waals surface area (Å²) in [5.41, 5.74) is 0.770. The Morgan fingerprint density at radius 2 is 1.91 bits per heavy atom. The maximum Gasteiger partial charge on any atom is 0.387 e. The molecule has 0 bridgehead atoms. The van der Waals surface area contributed by atoms with Crippen molar-refractivity contribution in [3.05, 3.63) is 28.2 Å². The number of nitrogens with zero attached hydrogens (tertiary/aromatic N) is 1. The molecule has 0 aliphatic carbocycles. The lowest BCUT2D eigenvalue weighted by Gasteiger charge is -2.34. The first-order valence-corrected chi connectivity index (χ1v) is 8.60. The first-order valence-electron chi connectivity index (χ1n) is 7.80. The van der Waals surface area contributed by atoms with Gasteiger partial charge in [-0.2, -0.15) is 8.78 Å². The van der Waals surface area contributed by atoms with Crippen molar-refractivity contribution in [1.29, 1.82) is 0 Å². The number of ether oxygens (including phenoxy) is 3. The summed E-state index contributed by atoms with van der Waals surface area (Å²) in [5, 5.41) is 0. The minimum Gasteiger partial charge on any atom is -0.434 e. The number of hydrogen-bond donors (Lipinski definition) is 0. The molecule has 2 heterocycles. The van der Waals surface area contributed by atoms with E-state index in [0.29, 0.717) is 25.7 Å². The van der Waals surface area contributed by atoms with Crippen LogP contribution in [0.3, 0.4) is 0 Å². The molecule has 2 saturated heterocycles. The van der Waals surface area contributed by atoms with Crippen LogP contribution in [-0.2, 0) is 16.0 Å². The lowest BCUT2D eigenvalue weighted by atomic mass is 9.96. The summed E-state index contributed by atoms with van der Waals surface area (Å²) < 4.78 is 41.7. The number of benzene rings is 1. The molecule has 2 fully saturated rings. The first kappa shape index (κ1) is 17.1. The van der Waals surface area contributed by atoms with Crippen molar-refractivity contribution in [3.8, 4) is 5.75 Å². The van der Waals surface area contributed by atoms with Crippen molar-refractivity contribution < 1.29 is 23.0 Å². The Morgan fingerprint density at radius 3 is 2.57 bits per heavy atom. The van der Waals surface area contributed by atoms with Gasteiger partial charge >= 0.3 is 6.61 Å². The molecular weight excluding hydrogens is 372 g/mol. The Morgan fingerprint density at radius 1 is 1.22 bits per heavy atom. The number of piperidine rings is 1. The van der Waals surface area contributed by atoms with E-state index in [9.17, 15) is 8.78 Å². The molecular formula is C16H20BrF2NO3. The predicted octanol–water partition coefficient (Wildman–Crippen LogP) is 3.64. The van der Waals surface area contributed by atoms with Crippen LogP contribution in [0.15, 0.2) is 22.7 Å². The average molecular weight is 392 g/mol. The molecule has 0 spiro atoms. The van der Waals surface area contributed by atoms with Crippen molar-refractivity contribution in [2.45, 2.75) is 32.3 Å². The molecule has 1 aromatic rings. The SMILES string of the molecule is FC(F)Oc1ccc(Br)cc1CN1CCC(C2OCCO2)CC1. The molecule has 0 atom stereocenters. The standard InChI is InChI=1S/C16H20BrF2NO3/c17-13-1-2-14(23-16(18)19)12(9-13)10-20-5-3-11(4-6-20)15-21-7-8-22-15/h1-2,9,11,15-16H,3-8,10H2. The van der Waals surface area contributed by atoms with E-state index >= 15 is 0 Å². The Kier molecular flexibility index (Phi) is 5.85. The van der Waals surface area contributed by atoms with Gasteiger partial charge in [0, 0.05) is 22.5 Å². The third kappa shape index (κ3) is 4.62. The van der Waals surface area contributed by atoms with Gasteiger partial charge in [-0.25, -0.2) is 0 Å². The van der Waals surface area contributed by atoms with Gasteiger partial charge in [0.1, 0.15) is 5.75 Å². The Bertz CT molecular complexity index is 518. The molecule has 7 heteroatoms. The van der Waals surface area contributed by atoms with Crippen LogP contribution in [0.2, 0.25) is 0 Å². The molecule has 0 radical (unpaired) electrons. The van der Waals surface area contributed by atoms with E-state index in [4.69, 9.17) is 9.47 Å². The Labute approximate surface area is 142 Å². The zero-order valence-electron chi connectivity index (χ0n) is 12.7. The molecule has 3 rings (SSSR count). The lowest BCUT2D eigenvalue weighted by molar-refractivity contribution is -0.0979. The zero-order chi connectivity index (χ0) is 16.2. The molecule has 0 saturated carbocycles. The van der Waals surface area contributed by atoms with E-state index in [1.165, 1.54) is 0 Å². The molecule has 23 heavy (non-hydrogen) atoms. The summed E-state index contributed by atoms with van der Waals surface area (Å²) >= 11 is 3.39. The zero-order valence-corrected chi connectivity index (χ0v) is 14.3. The van der Waals surface area contributed by atoms with Crippen LogP contribution in [0.4, 0.5) is 8.78 Å². The van der Waals surface area contributed by atoms with Crippen LogP contribution in [0.25, 0.3) is 0 Å². The summed E-state index contributed by atoms with van der Waals surface area (Å²) in [4.78, 5) is 2.26. The number of alkyl halides is 2. The topological polar surface area (TPSA) is 30.9 Å². The van der Waals surface area contributed by atoms with Gasteiger partial charge in [-0.05, 0) is 44.1 Å². The minimum absolute atomic E-state index is 0.0688. The van der Waals surface area contributed by atoms with Gasteiger partial charge in [0.15, 0.2) is 6.29 Å². The highest BCUT2D eigenvalue weighted by molar-refractivity contribution is 9.10. The lowest BCUT2D eigenvalue weighted by Crippen LogP contribution is -2.37. The number of rotatable bonds is 5. The van der Waals surface area contributed by atoms with Crippen LogP contribution in [-0.4, -0.2) is 44.1 Å². The van der Waals surface area contributed by atoms with E-state index in [-0.39, 0.29) is 12.0 Å². The van der Waals surface area contributed by atoms with Crippen molar-refractivity contribution in [2.24, 2.45) is 5.92 Å². The predicted molar refractivity (Wildman–Crippen MR) is 84.5 cm³/mol. The normalized spacial score (nSPS) is 21.2. The largest absolute Gasteiger partial charge is 0.434 e. The fraction of sp³-hybridized carbons (Fsp3) is 0.625. The van der Waals surface area contributed by atoms with Crippen LogP contribution < -0.4 is 4.74 Å². The van der Waals surface area contributed by atoms with E-state index in [1.54, 1.807) is 12.1 Å². The van der Waals surface area contributed by atoms with E-state index in [0.717, 1.165) is 36.0 Å². The second kappa shape index (κ2) is 7.88. The molecule has 2 aliphatic rings. The fourth-order valence-electron chi connectivity index (χ4n) is 3.16. The molecule has 0 unspecified atom stereocenters. The number of hydrogen-bond acceptors (Lipinski definition) is 4. The fourth-order valence-corrected chi connectivity index (χ4v) is 3.56. The molecule has 2 aliphatic heterocycles. The maximum absolute atomic E-state index is 12.5. The molecule has 0 amide bonds. The molecule has 1 aromatic carbocycles. The van der Waals surface area contributed by atoms with Gasteiger partial charge in [0.2, 0.25) is 0 Å². The summed E-state index contributed by atoms with van der Waals surface area (Å²) in [5.74, 6) is 0.667. The maximum atomic E-state index is 12.5. The summed E-state index contributed by atoms with van der Waals surface area (Å²) in [7, 11) is 0. The van der Waals surface area contributed by atoms with Crippen molar-refractivity contribution in [2.75, 3.05) is 26.3 Å². The quantitative estimate of drug-likeness (QED) is 0.766. The monoisotopic (exact) mass is 391 g/mol. The summed E-state index contributed by atoms with van der Waals surface area (Å²) in [6.07, 6.45) is 1.91. The van der Waals surface area contributed by atoms with Crippen LogP contribution >= 0.6 is 15.9 Å². The van der Waals surface area contributed by atoms with Crippen molar-refractivity contribution >= 4 is 15.9 Å². The molecule has 0 aromatic heterocycles. The van der Waals surface area contributed by atoms with Gasteiger partial charge in [0.05, 0.1) is 13.2 Å². The van der Waals surface area contributed by atoms with Crippen LogP contribution in [0.1, 0.15) is 18.4 Å². The third-order valence-corrected chi connectivity index (χ3v) is 4.79. The molecule has 128 valence electrons. The van der Waals surface area contributed by atoms with Crippen molar-refractivity contribution in [1.82, 2.24) is 4.90 Å². The minimum atomic E-state index is -2.81. The van der Waals surface area contributed by atoms with Gasteiger partial charge in [-0.1, -0.05) is 15.9 Å².